The molecule has 4 heteroatoms. The van der Waals surface area contributed by atoms with Gasteiger partial charge in [-0.3, -0.25) is 10.1 Å². The lowest BCUT2D eigenvalue weighted by Crippen LogP contribution is -2.31. The van der Waals surface area contributed by atoms with E-state index in [2.05, 4.69) is 10.6 Å². The fraction of sp³-hybridized carbons (Fsp3) is 0.143. The van der Waals surface area contributed by atoms with Gasteiger partial charge in [0.05, 0.1) is 0 Å². The van der Waals surface area contributed by atoms with Gasteiger partial charge in [0.25, 0.3) is 5.91 Å². The number of amides is 3. The molecule has 1 atom stereocenters. The topological polar surface area (TPSA) is 58.2 Å². The molecule has 0 aromatic heterocycles. The van der Waals surface area contributed by atoms with Crippen molar-refractivity contribution in [3.8, 4) is 0 Å². The van der Waals surface area contributed by atoms with Crippen LogP contribution in [0.5, 0.6) is 0 Å². The van der Waals surface area contributed by atoms with Crippen LogP contribution in [-0.2, 0) is 11.2 Å². The zero-order valence-corrected chi connectivity index (χ0v) is 9.64. The summed E-state index contributed by atoms with van der Waals surface area (Å²) in [6.07, 6.45) is 0.516. The van der Waals surface area contributed by atoms with Gasteiger partial charge in [-0.1, -0.05) is 42.5 Å². The molecule has 3 amide bonds. The molecule has 0 aliphatic carbocycles. The van der Waals surface area contributed by atoms with Gasteiger partial charge < -0.3 is 5.32 Å². The van der Waals surface area contributed by atoms with Gasteiger partial charge in [0.2, 0.25) is 0 Å². The number of rotatable bonds is 2. The van der Waals surface area contributed by atoms with Gasteiger partial charge in [-0.2, -0.15) is 0 Å². The van der Waals surface area contributed by atoms with Gasteiger partial charge in [0, 0.05) is 6.42 Å². The highest BCUT2D eigenvalue weighted by Crippen LogP contribution is 2.17. The van der Waals surface area contributed by atoms with Gasteiger partial charge in [-0.05, 0) is 16.3 Å². The molecule has 0 bridgehead atoms. The standard InChI is InChI=1S/C14H12N2O2/c17-13-12(15-14(18)16-13)8-9-5-6-10-3-1-2-4-11(10)7-9/h1-7,12H,8H2,(H2,15,16,17,18)/t12-/m0/s1. The third kappa shape index (κ3) is 1.93. The van der Waals surface area contributed by atoms with Crippen LogP contribution in [0.2, 0.25) is 0 Å². The van der Waals surface area contributed by atoms with E-state index in [4.69, 9.17) is 0 Å². The lowest BCUT2D eigenvalue weighted by molar-refractivity contribution is -0.120. The van der Waals surface area contributed by atoms with Gasteiger partial charge in [0.15, 0.2) is 0 Å². The zero-order chi connectivity index (χ0) is 12.5. The van der Waals surface area contributed by atoms with Crippen molar-refractivity contribution in [2.45, 2.75) is 12.5 Å². The predicted octanol–water partition coefficient (Wildman–Crippen LogP) is 1.59. The monoisotopic (exact) mass is 240 g/mol. The molecule has 18 heavy (non-hydrogen) atoms. The third-order valence-corrected chi connectivity index (χ3v) is 3.11. The highest BCUT2D eigenvalue weighted by molar-refractivity contribution is 6.04. The summed E-state index contributed by atoms with van der Waals surface area (Å²) in [5.74, 6) is -0.256. The van der Waals surface area contributed by atoms with Gasteiger partial charge >= 0.3 is 6.03 Å². The number of urea groups is 1. The van der Waals surface area contributed by atoms with E-state index in [0.717, 1.165) is 10.9 Å². The number of hydrogen-bond acceptors (Lipinski definition) is 2. The van der Waals surface area contributed by atoms with Crippen LogP contribution in [0.25, 0.3) is 10.8 Å². The van der Waals surface area contributed by atoms with E-state index in [9.17, 15) is 9.59 Å². The second-order valence-corrected chi connectivity index (χ2v) is 4.40. The van der Waals surface area contributed by atoms with Crippen molar-refractivity contribution >= 4 is 22.7 Å². The number of fused-ring (bicyclic) bond motifs is 1. The lowest BCUT2D eigenvalue weighted by atomic mass is 10.0. The Kier molecular flexibility index (Phi) is 2.48. The van der Waals surface area contributed by atoms with Crippen molar-refractivity contribution < 1.29 is 9.59 Å². The van der Waals surface area contributed by atoms with Crippen molar-refractivity contribution in [1.82, 2.24) is 10.6 Å². The van der Waals surface area contributed by atoms with E-state index >= 15 is 0 Å². The molecule has 2 N–H and O–H groups in total. The van der Waals surface area contributed by atoms with Crippen LogP contribution in [-0.4, -0.2) is 18.0 Å². The molecular formula is C14H12N2O2. The predicted molar refractivity (Wildman–Crippen MR) is 68.1 cm³/mol. The third-order valence-electron chi connectivity index (χ3n) is 3.11. The van der Waals surface area contributed by atoms with Gasteiger partial charge in [0.1, 0.15) is 6.04 Å². The maximum Gasteiger partial charge on any atom is 0.322 e. The average molecular weight is 240 g/mol. The normalized spacial score (nSPS) is 18.8. The highest BCUT2D eigenvalue weighted by atomic mass is 16.2. The fourth-order valence-corrected chi connectivity index (χ4v) is 2.20. The van der Waals surface area contributed by atoms with E-state index < -0.39 is 12.1 Å². The maximum atomic E-state index is 11.5. The molecule has 1 aliphatic heterocycles. The van der Waals surface area contributed by atoms with E-state index in [0.29, 0.717) is 6.42 Å². The van der Waals surface area contributed by atoms with Crippen LogP contribution < -0.4 is 10.6 Å². The average Bonchev–Trinajstić information content (AvgIpc) is 2.68. The number of carbonyl (C=O) groups is 2. The molecule has 0 radical (unpaired) electrons. The summed E-state index contributed by atoms with van der Waals surface area (Å²) in [6, 6.07) is 13.2. The lowest BCUT2D eigenvalue weighted by Gasteiger charge is -2.08. The summed E-state index contributed by atoms with van der Waals surface area (Å²) in [5.41, 5.74) is 1.04. The quantitative estimate of drug-likeness (QED) is 0.783. The second kappa shape index (κ2) is 4.14. The molecular weight excluding hydrogens is 228 g/mol. The Hall–Kier alpha value is -2.36. The molecule has 3 rings (SSSR count). The molecule has 1 saturated heterocycles. The minimum Gasteiger partial charge on any atom is -0.326 e. The first-order valence-corrected chi connectivity index (χ1v) is 5.81. The molecule has 2 aromatic rings. The molecule has 1 heterocycles. The fourth-order valence-electron chi connectivity index (χ4n) is 2.20. The SMILES string of the molecule is O=C1NC(=O)[C@H](Cc2ccc3ccccc3c2)N1. The summed E-state index contributed by atoms with van der Waals surface area (Å²) < 4.78 is 0. The number of nitrogens with one attached hydrogen (secondary N) is 2. The van der Waals surface area contributed by atoms with Crippen LogP contribution in [0.1, 0.15) is 5.56 Å². The molecule has 0 saturated carbocycles. The Morgan fingerprint density at radius 1 is 1.00 bits per heavy atom. The first kappa shape index (κ1) is 10.8. The summed E-state index contributed by atoms with van der Waals surface area (Å²) >= 11 is 0. The molecule has 90 valence electrons. The number of hydrogen-bond donors (Lipinski definition) is 2. The van der Waals surface area contributed by atoms with Crippen molar-refractivity contribution in [2.75, 3.05) is 0 Å². The van der Waals surface area contributed by atoms with Crippen molar-refractivity contribution in [2.24, 2.45) is 0 Å². The molecule has 1 fully saturated rings. The van der Waals surface area contributed by atoms with Crippen LogP contribution in [0.15, 0.2) is 42.5 Å². The zero-order valence-electron chi connectivity index (χ0n) is 9.64. The van der Waals surface area contributed by atoms with Gasteiger partial charge in [-0.25, -0.2) is 4.79 Å². The van der Waals surface area contributed by atoms with E-state index in [1.165, 1.54) is 5.39 Å². The number of imide groups is 1. The Bertz CT molecular complexity index is 636. The first-order valence-electron chi connectivity index (χ1n) is 5.81. The first-order chi connectivity index (χ1) is 8.72. The largest absolute Gasteiger partial charge is 0.326 e. The van der Waals surface area contributed by atoms with E-state index in [-0.39, 0.29) is 5.91 Å². The van der Waals surface area contributed by atoms with Crippen LogP contribution in [0.4, 0.5) is 4.79 Å². The van der Waals surface area contributed by atoms with E-state index in [1.54, 1.807) is 0 Å². The minimum absolute atomic E-state index is 0.256. The Labute approximate surface area is 104 Å². The summed E-state index contributed by atoms with van der Waals surface area (Å²) in [7, 11) is 0. The maximum absolute atomic E-state index is 11.5. The number of benzene rings is 2. The second-order valence-electron chi connectivity index (χ2n) is 4.40. The molecule has 1 aliphatic rings. The number of carbonyl (C=O) groups excluding carboxylic acids is 2. The summed E-state index contributed by atoms with van der Waals surface area (Å²) in [5, 5.41) is 7.14. The van der Waals surface area contributed by atoms with Crippen molar-refractivity contribution in [1.29, 1.82) is 0 Å². The van der Waals surface area contributed by atoms with Crippen LogP contribution in [0, 0.1) is 0 Å². The van der Waals surface area contributed by atoms with Crippen LogP contribution in [0.3, 0.4) is 0 Å². The van der Waals surface area contributed by atoms with Gasteiger partial charge in [-0.15, -0.1) is 0 Å². The molecule has 2 aromatic carbocycles. The van der Waals surface area contributed by atoms with Crippen molar-refractivity contribution in [3.05, 3.63) is 48.0 Å². The van der Waals surface area contributed by atoms with Crippen LogP contribution >= 0.6 is 0 Å². The Morgan fingerprint density at radius 2 is 1.78 bits per heavy atom. The molecule has 4 nitrogen and oxygen atoms in total. The minimum atomic E-state index is -0.460. The summed E-state index contributed by atoms with van der Waals surface area (Å²) in [4.78, 5) is 22.5. The van der Waals surface area contributed by atoms with E-state index in [1.807, 2.05) is 42.5 Å². The smallest absolute Gasteiger partial charge is 0.322 e. The highest BCUT2D eigenvalue weighted by Gasteiger charge is 2.29. The Balaban J connectivity index is 1.87. The molecule has 0 spiro atoms. The van der Waals surface area contributed by atoms with Crippen molar-refractivity contribution in [3.63, 3.8) is 0 Å². The molecule has 0 unspecified atom stereocenters. The Morgan fingerprint density at radius 3 is 2.50 bits per heavy atom. The summed E-state index contributed by atoms with van der Waals surface area (Å²) in [6.45, 7) is 0.